The molecule has 0 amide bonds. The van der Waals surface area contributed by atoms with Gasteiger partial charge in [-0.25, -0.2) is 4.98 Å². The van der Waals surface area contributed by atoms with E-state index in [4.69, 9.17) is 20.9 Å². The largest absolute Gasteiger partial charge is 0.462 e. The Morgan fingerprint density at radius 1 is 1.40 bits per heavy atom. The number of hydrogen-bond acceptors (Lipinski definition) is 8. The lowest BCUT2D eigenvalue weighted by Crippen LogP contribution is -2.34. The maximum atomic E-state index is 11.6. The molecule has 0 spiro atoms. The molecule has 2 aromatic heterocycles. The topological polar surface area (TPSA) is 151 Å². The van der Waals surface area contributed by atoms with Crippen molar-refractivity contribution in [2.45, 2.75) is 33.0 Å². The van der Waals surface area contributed by atoms with Crippen LogP contribution in [0.15, 0.2) is 11.1 Å². The number of nitrogens with one attached hydrogen (secondary N) is 1. The summed E-state index contributed by atoms with van der Waals surface area (Å²) in [5.74, 6) is -0.120. The number of halogens is 1. The minimum Gasteiger partial charge on any atom is -0.462 e. The van der Waals surface area contributed by atoms with Gasteiger partial charge in [-0.05, 0) is 12.3 Å². The predicted molar refractivity (Wildman–Crippen MR) is 94.2 cm³/mol. The van der Waals surface area contributed by atoms with Gasteiger partial charge >= 0.3 is 5.97 Å². The molecule has 11 heteroatoms. The standard InChI is InChI=1S/C14H22N6O4.ClH/c1-8(2)5-9(15)13(22)24-4-3-23-7-20-6-17-10-11(20)18-14(16)19-12(10)21;/h6,8-9H,3-5,7,15H2,1-2H3,(H3,16,18,19,21);1H/t9-;/m0./s1. The van der Waals surface area contributed by atoms with Crippen molar-refractivity contribution < 1.29 is 14.3 Å². The molecule has 25 heavy (non-hydrogen) atoms. The summed E-state index contributed by atoms with van der Waals surface area (Å²) in [7, 11) is 0. The lowest BCUT2D eigenvalue weighted by atomic mass is 10.1. The van der Waals surface area contributed by atoms with Crippen molar-refractivity contribution in [1.82, 2.24) is 19.5 Å². The molecule has 2 aromatic rings. The first-order valence-corrected chi connectivity index (χ1v) is 7.59. The Balaban J connectivity index is 0.00000312. The van der Waals surface area contributed by atoms with E-state index in [9.17, 15) is 9.59 Å². The summed E-state index contributed by atoms with van der Waals surface area (Å²) in [4.78, 5) is 33.6. The van der Waals surface area contributed by atoms with Crippen LogP contribution in [0.3, 0.4) is 0 Å². The van der Waals surface area contributed by atoms with Crippen molar-refractivity contribution >= 4 is 35.5 Å². The first-order chi connectivity index (χ1) is 11.4. The molecule has 0 saturated carbocycles. The molecule has 10 nitrogen and oxygen atoms in total. The molecule has 1 atom stereocenters. The number of hydrogen-bond donors (Lipinski definition) is 3. The number of H-pyrrole nitrogens is 1. The smallest absolute Gasteiger partial charge is 0.322 e. The van der Waals surface area contributed by atoms with E-state index >= 15 is 0 Å². The quantitative estimate of drug-likeness (QED) is 0.431. The van der Waals surface area contributed by atoms with E-state index in [1.165, 1.54) is 10.9 Å². The average molecular weight is 375 g/mol. The van der Waals surface area contributed by atoms with E-state index in [1.54, 1.807) is 0 Å². The van der Waals surface area contributed by atoms with Gasteiger partial charge in [0.1, 0.15) is 19.4 Å². The molecule has 0 unspecified atom stereocenters. The second kappa shape index (κ2) is 9.35. The summed E-state index contributed by atoms with van der Waals surface area (Å²) in [6.45, 7) is 4.34. The Morgan fingerprint density at radius 2 is 2.12 bits per heavy atom. The molecule has 0 aliphatic heterocycles. The van der Waals surface area contributed by atoms with Crippen LogP contribution in [0.25, 0.3) is 11.2 Å². The Kier molecular flexibility index (Phi) is 7.81. The van der Waals surface area contributed by atoms with Crippen LogP contribution >= 0.6 is 12.4 Å². The highest BCUT2D eigenvalue weighted by Gasteiger charge is 2.16. The van der Waals surface area contributed by atoms with Gasteiger partial charge in [0.15, 0.2) is 11.2 Å². The number of ether oxygens (including phenoxy) is 2. The van der Waals surface area contributed by atoms with Crippen molar-refractivity contribution in [1.29, 1.82) is 0 Å². The number of nitrogens with two attached hydrogens (primary N) is 2. The number of carbonyl (C=O) groups excluding carboxylic acids is 1. The lowest BCUT2D eigenvalue weighted by Gasteiger charge is -2.13. The first-order valence-electron chi connectivity index (χ1n) is 7.59. The second-order valence-electron chi connectivity index (χ2n) is 5.78. The molecule has 0 bridgehead atoms. The Hall–Kier alpha value is -2.17. The molecule has 0 aliphatic rings. The average Bonchev–Trinajstić information content (AvgIpc) is 2.89. The number of rotatable bonds is 8. The Labute approximate surface area is 150 Å². The zero-order valence-corrected chi connectivity index (χ0v) is 14.9. The highest BCUT2D eigenvalue weighted by molar-refractivity contribution is 5.85. The second-order valence-corrected chi connectivity index (χ2v) is 5.78. The van der Waals surface area contributed by atoms with Crippen LogP contribution in [0.4, 0.5) is 5.95 Å². The molecule has 2 rings (SSSR count). The molecule has 0 radical (unpaired) electrons. The van der Waals surface area contributed by atoms with E-state index in [2.05, 4.69) is 15.0 Å². The van der Waals surface area contributed by atoms with Gasteiger partial charge in [-0.1, -0.05) is 13.8 Å². The highest BCUT2D eigenvalue weighted by Crippen LogP contribution is 2.06. The number of aromatic amines is 1. The predicted octanol–water partition coefficient (Wildman–Crippen LogP) is 0.0143. The van der Waals surface area contributed by atoms with Gasteiger partial charge in [0.25, 0.3) is 5.56 Å². The third kappa shape index (κ3) is 5.69. The molecular weight excluding hydrogens is 352 g/mol. The number of anilines is 1. The molecule has 0 saturated heterocycles. The summed E-state index contributed by atoms with van der Waals surface area (Å²) in [5.41, 5.74) is 11.3. The SMILES string of the molecule is CC(C)C[C@H](N)C(=O)OCCOCn1cnc2c(=O)[nH]c(N)nc21.Cl. The molecule has 0 aliphatic carbocycles. The van der Waals surface area contributed by atoms with Crippen LogP contribution in [0.1, 0.15) is 20.3 Å². The van der Waals surface area contributed by atoms with Crippen molar-refractivity contribution in [2.24, 2.45) is 11.7 Å². The fraction of sp³-hybridized carbons (Fsp3) is 0.571. The number of esters is 1. The number of carbonyl (C=O) groups is 1. The van der Waals surface area contributed by atoms with E-state index in [0.717, 1.165) is 0 Å². The summed E-state index contributed by atoms with van der Waals surface area (Å²) in [5, 5.41) is 0. The number of aromatic nitrogens is 4. The van der Waals surface area contributed by atoms with Gasteiger partial charge in [-0.2, -0.15) is 4.98 Å². The normalized spacial score (nSPS) is 12.2. The van der Waals surface area contributed by atoms with Crippen LogP contribution in [0.5, 0.6) is 0 Å². The number of nitrogens with zero attached hydrogens (tertiary/aromatic N) is 3. The molecule has 140 valence electrons. The van der Waals surface area contributed by atoms with E-state index in [1.807, 2.05) is 13.8 Å². The van der Waals surface area contributed by atoms with Crippen LogP contribution in [-0.2, 0) is 21.0 Å². The number of fused-ring (bicyclic) bond motifs is 1. The minimum absolute atomic E-state index is 0. The first kappa shape index (κ1) is 20.9. The molecule has 0 aromatic carbocycles. The molecule has 5 N–H and O–H groups in total. The van der Waals surface area contributed by atoms with Crippen LogP contribution < -0.4 is 17.0 Å². The van der Waals surface area contributed by atoms with Crippen molar-refractivity contribution in [2.75, 3.05) is 18.9 Å². The van der Waals surface area contributed by atoms with Gasteiger partial charge in [0.05, 0.1) is 12.9 Å². The van der Waals surface area contributed by atoms with Gasteiger partial charge in [0, 0.05) is 0 Å². The van der Waals surface area contributed by atoms with Gasteiger partial charge in [0.2, 0.25) is 5.95 Å². The maximum absolute atomic E-state index is 11.6. The fourth-order valence-electron chi connectivity index (χ4n) is 2.14. The third-order valence-electron chi connectivity index (χ3n) is 3.22. The zero-order valence-electron chi connectivity index (χ0n) is 14.1. The number of imidazole rings is 1. The van der Waals surface area contributed by atoms with Gasteiger partial charge in [-0.3, -0.25) is 19.1 Å². The minimum atomic E-state index is -0.624. The van der Waals surface area contributed by atoms with Crippen LogP contribution in [-0.4, -0.2) is 44.7 Å². The van der Waals surface area contributed by atoms with Crippen molar-refractivity contribution in [3.8, 4) is 0 Å². The maximum Gasteiger partial charge on any atom is 0.322 e. The van der Waals surface area contributed by atoms with Crippen molar-refractivity contribution in [3.05, 3.63) is 16.7 Å². The van der Waals surface area contributed by atoms with Crippen LogP contribution in [0, 0.1) is 5.92 Å². The van der Waals surface area contributed by atoms with E-state index in [-0.39, 0.29) is 43.8 Å². The fourth-order valence-corrected chi connectivity index (χ4v) is 2.14. The van der Waals surface area contributed by atoms with Crippen molar-refractivity contribution in [3.63, 3.8) is 0 Å². The summed E-state index contributed by atoms with van der Waals surface area (Å²) in [6, 6.07) is -0.624. The summed E-state index contributed by atoms with van der Waals surface area (Å²) in [6.07, 6.45) is 2.00. The van der Waals surface area contributed by atoms with Crippen LogP contribution in [0.2, 0.25) is 0 Å². The Morgan fingerprint density at radius 3 is 2.80 bits per heavy atom. The lowest BCUT2D eigenvalue weighted by molar-refractivity contribution is -0.147. The summed E-state index contributed by atoms with van der Waals surface area (Å²) < 4.78 is 12.0. The highest BCUT2D eigenvalue weighted by atomic mass is 35.5. The van der Waals surface area contributed by atoms with E-state index < -0.39 is 17.6 Å². The monoisotopic (exact) mass is 374 g/mol. The van der Waals surface area contributed by atoms with Gasteiger partial charge in [-0.15, -0.1) is 12.4 Å². The molecule has 0 fully saturated rings. The summed E-state index contributed by atoms with van der Waals surface area (Å²) >= 11 is 0. The zero-order chi connectivity index (χ0) is 17.7. The van der Waals surface area contributed by atoms with Gasteiger partial charge < -0.3 is 20.9 Å². The molecular formula is C14H23ClN6O4. The number of nitrogen functional groups attached to an aromatic ring is 1. The van der Waals surface area contributed by atoms with E-state index in [0.29, 0.717) is 18.0 Å². The molecule has 2 heterocycles. The Bertz CT molecular complexity index is 759. The third-order valence-corrected chi connectivity index (χ3v) is 3.22.